The van der Waals surface area contributed by atoms with Gasteiger partial charge in [0.2, 0.25) is 5.91 Å². The third kappa shape index (κ3) is 3.91. The number of carboxylic acid groups (broad SMARTS) is 1. The molecule has 20 heavy (non-hydrogen) atoms. The van der Waals surface area contributed by atoms with Gasteiger partial charge in [0.25, 0.3) is 0 Å². The largest absolute Gasteiger partial charge is 0.481 e. The molecule has 1 aromatic heterocycles. The van der Waals surface area contributed by atoms with Crippen LogP contribution in [0, 0.1) is 0 Å². The van der Waals surface area contributed by atoms with E-state index in [1.54, 1.807) is 17.2 Å². The van der Waals surface area contributed by atoms with Crippen molar-refractivity contribution in [2.45, 2.75) is 19.4 Å². The molecular formula is C12H17N3O4S. The van der Waals surface area contributed by atoms with E-state index in [1.807, 2.05) is 0 Å². The predicted molar refractivity (Wildman–Crippen MR) is 73.9 cm³/mol. The summed E-state index contributed by atoms with van der Waals surface area (Å²) < 4.78 is 5.21. The Hall–Kier alpha value is -1.67. The number of anilines is 1. The second-order valence-electron chi connectivity index (χ2n) is 4.52. The Labute approximate surface area is 120 Å². The topological polar surface area (TPSA) is 91.8 Å². The van der Waals surface area contributed by atoms with Gasteiger partial charge in [0.15, 0.2) is 5.13 Å². The van der Waals surface area contributed by atoms with Crippen LogP contribution in [0.5, 0.6) is 0 Å². The summed E-state index contributed by atoms with van der Waals surface area (Å²) in [7, 11) is 0. The molecule has 0 saturated carbocycles. The van der Waals surface area contributed by atoms with Crippen molar-refractivity contribution in [2.24, 2.45) is 0 Å². The summed E-state index contributed by atoms with van der Waals surface area (Å²) in [5, 5.41) is 14.0. The Morgan fingerprint density at radius 2 is 2.25 bits per heavy atom. The number of aliphatic carboxylic acids is 1. The van der Waals surface area contributed by atoms with Crippen LogP contribution in [-0.4, -0.2) is 59.2 Å². The molecule has 0 aliphatic carbocycles. The lowest BCUT2D eigenvalue weighted by Gasteiger charge is -2.29. The van der Waals surface area contributed by atoms with Crippen molar-refractivity contribution >= 4 is 28.3 Å². The van der Waals surface area contributed by atoms with Crippen molar-refractivity contribution < 1.29 is 19.4 Å². The zero-order valence-corrected chi connectivity index (χ0v) is 12.0. The molecule has 1 saturated heterocycles. The second-order valence-corrected chi connectivity index (χ2v) is 5.38. The first-order valence-electron chi connectivity index (χ1n) is 6.35. The summed E-state index contributed by atoms with van der Waals surface area (Å²) in [6.07, 6.45) is -0.107. The van der Waals surface area contributed by atoms with E-state index in [-0.39, 0.29) is 12.3 Å². The highest BCUT2D eigenvalue weighted by atomic mass is 32.1. The third-order valence-corrected chi connectivity index (χ3v) is 3.74. The van der Waals surface area contributed by atoms with Crippen LogP contribution in [0.4, 0.5) is 5.13 Å². The number of hydrogen-bond donors (Lipinski definition) is 2. The van der Waals surface area contributed by atoms with Gasteiger partial charge in [-0.1, -0.05) is 0 Å². The monoisotopic (exact) mass is 299 g/mol. The molecule has 8 heteroatoms. The smallest absolute Gasteiger partial charge is 0.309 e. The maximum atomic E-state index is 12.2. The quantitative estimate of drug-likeness (QED) is 0.819. The van der Waals surface area contributed by atoms with E-state index in [2.05, 4.69) is 10.3 Å². The number of morpholine rings is 1. The normalized spacial score (nSPS) is 16.8. The van der Waals surface area contributed by atoms with E-state index < -0.39 is 12.0 Å². The van der Waals surface area contributed by atoms with E-state index >= 15 is 0 Å². The van der Waals surface area contributed by atoms with Crippen LogP contribution in [-0.2, 0) is 20.7 Å². The second kappa shape index (κ2) is 6.67. The summed E-state index contributed by atoms with van der Waals surface area (Å²) in [6, 6.07) is -0.392. The number of ether oxygens (including phenoxy) is 1. The van der Waals surface area contributed by atoms with Gasteiger partial charge in [0, 0.05) is 18.5 Å². The van der Waals surface area contributed by atoms with Crippen molar-refractivity contribution in [3.63, 3.8) is 0 Å². The van der Waals surface area contributed by atoms with Crippen LogP contribution in [0.25, 0.3) is 0 Å². The number of carbonyl (C=O) groups excluding carboxylic acids is 1. The molecule has 1 fully saturated rings. The first-order chi connectivity index (χ1) is 9.56. The van der Waals surface area contributed by atoms with Crippen LogP contribution < -0.4 is 5.32 Å². The molecule has 1 atom stereocenters. The number of carboxylic acids is 1. The maximum absolute atomic E-state index is 12.2. The lowest BCUT2D eigenvalue weighted by molar-refractivity contribution is -0.136. The molecule has 7 nitrogen and oxygen atoms in total. The molecule has 1 aliphatic heterocycles. The molecule has 1 aromatic rings. The Morgan fingerprint density at radius 3 is 2.90 bits per heavy atom. The summed E-state index contributed by atoms with van der Waals surface area (Å²) in [6.45, 7) is 4.12. The maximum Gasteiger partial charge on any atom is 0.309 e. The molecule has 2 N–H and O–H groups in total. The summed E-state index contributed by atoms with van der Waals surface area (Å²) in [5.41, 5.74) is 0.496. The van der Waals surface area contributed by atoms with Gasteiger partial charge in [-0.2, -0.15) is 0 Å². The Balaban J connectivity index is 1.89. The molecule has 1 amide bonds. The molecule has 110 valence electrons. The Bertz CT molecular complexity index is 485. The third-order valence-electron chi connectivity index (χ3n) is 2.92. The number of aromatic nitrogens is 1. The van der Waals surface area contributed by atoms with Gasteiger partial charge in [0.05, 0.1) is 25.3 Å². The van der Waals surface area contributed by atoms with E-state index in [4.69, 9.17) is 9.84 Å². The number of nitrogens with one attached hydrogen (secondary N) is 1. The fourth-order valence-corrected chi connectivity index (χ4v) is 2.71. The average Bonchev–Trinajstić information content (AvgIpc) is 2.85. The molecule has 0 radical (unpaired) electrons. The van der Waals surface area contributed by atoms with Crippen molar-refractivity contribution in [1.29, 1.82) is 0 Å². The highest BCUT2D eigenvalue weighted by Gasteiger charge is 2.23. The summed E-state index contributed by atoms with van der Waals surface area (Å²) >= 11 is 1.30. The molecular weight excluding hydrogens is 282 g/mol. The zero-order chi connectivity index (χ0) is 14.5. The Morgan fingerprint density at radius 1 is 1.55 bits per heavy atom. The van der Waals surface area contributed by atoms with Crippen LogP contribution in [0.2, 0.25) is 0 Å². The minimum atomic E-state index is -0.917. The van der Waals surface area contributed by atoms with Gasteiger partial charge >= 0.3 is 5.97 Å². The molecule has 0 spiro atoms. The SMILES string of the molecule is CC(Nc1nc(CC(=O)O)cs1)C(=O)N1CCOCC1. The van der Waals surface area contributed by atoms with E-state index in [9.17, 15) is 9.59 Å². The lowest BCUT2D eigenvalue weighted by Crippen LogP contribution is -2.46. The minimum Gasteiger partial charge on any atom is -0.481 e. The van der Waals surface area contributed by atoms with Gasteiger partial charge in [-0.05, 0) is 6.92 Å². The van der Waals surface area contributed by atoms with Crippen LogP contribution in [0.3, 0.4) is 0 Å². The molecule has 1 unspecified atom stereocenters. The summed E-state index contributed by atoms with van der Waals surface area (Å²) in [5.74, 6) is -0.914. The van der Waals surface area contributed by atoms with E-state index in [1.165, 1.54) is 11.3 Å². The number of amides is 1. The first-order valence-corrected chi connectivity index (χ1v) is 7.23. The van der Waals surface area contributed by atoms with Crippen LogP contribution in [0.15, 0.2) is 5.38 Å². The lowest BCUT2D eigenvalue weighted by atomic mass is 10.2. The number of nitrogens with zero attached hydrogens (tertiary/aromatic N) is 2. The van der Waals surface area contributed by atoms with Crippen molar-refractivity contribution in [3.05, 3.63) is 11.1 Å². The van der Waals surface area contributed by atoms with Gasteiger partial charge in [-0.3, -0.25) is 9.59 Å². The predicted octanol–water partition coefficient (Wildman–Crippen LogP) is 0.429. The summed E-state index contributed by atoms with van der Waals surface area (Å²) in [4.78, 5) is 28.7. The highest BCUT2D eigenvalue weighted by Crippen LogP contribution is 2.17. The van der Waals surface area contributed by atoms with Gasteiger partial charge in [-0.15, -0.1) is 11.3 Å². The Kier molecular flexibility index (Phi) is 4.91. The molecule has 2 rings (SSSR count). The average molecular weight is 299 g/mol. The first kappa shape index (κ1) is 14.7. The number of rotatable bonds is 5. The van der Waals surface area contributed by atoms with Crippen LogP contribution in [0.1, 0.15) is 12.6 Å². The molecule has 1 aliphatic rings. The fraction of sp³-hybridized carbons (Fsp3) is 0.583. The number of thiazole rings is 1. The van der Waals surface area contributed by atoms with E-state index in [0.717, 1.165) is 0 Å². The van der Waals surface area contributed by atoms with Crippen molar-refractivity contribution in [2.75, 3.05) is 31.6 Å². The zero-order valence-electron chi connectivity index (χ0n) is 11.2. The van der Waals surface area contributed by atoms with Crippen molar-refractivity contribution in [3.8, 4) is 0 Å². The van der Waals surface area contributed by atoms with Gasteiger partial charge < -0.3 is 20.1 Å². The van der Waals surface area contributed by atoms with Crippen molar-refractivity contribution in [1.82, 2.24) is 9.88 Å². The standard InChI is InChI=1S/C12H17N3O4S/c1-8(11(18)15-2-4-19-5-3-15)13-12-14-9(7-20-12)6-10(16)17/h7-8H,2-6H2,1H3,(H,13,14)(H,16,17). The number of carbonyl (C=O) groups is 2. The fourth-order valence-electron chi connectivity index (χ4n) is 1.91. The van der Waals surface area contributed by atoms with E-state index in [0.29, 0.717) is 37.1 Å². The van der Waals surface area contributed by atoms with Gasteiger partial charge in [-0.25, -0.2) is 4.98 Å². The molecule has 0 aromatic carbocycles. The molecule has 2 heterocycles. The molecule has 0 bridgehead atoms. The number of hydrogen-bond acceptors (Lipinski definition) is 6. The minimum absolute atomic E-state index is 0.00304. The van der Waals surface area contributed by atoms with Gasteiger partial charge in [0.1, 0.15) is 6.04 Å². The highest BCUT2D eigenvalue weighted by molar-refractivity contribution is 7.13. The van der Waals surface area contributed by atoms with Crippen LogP contribution >= 0.6 is 11.3 Å².